The Kier molecular flexibility index (Phi) is 6.60. The minimum atomic E-state index is -0.360. The molecule has 2 heterocycles. The highest BCUT2D eigenvalue weighted by molar-refractivity contribution is 6.02. The van der Waals surface area contributed by atoms with Crippen LogP contribution in [-0.4, -0.2) is 46.9 Å². The lowest BCUT2D eigenvalue weighted by molar-refractivity contribution is 0.244. The number of H-pyrrole nitrogens is 1. The number of hydrogen-bond acceptors (Lipinski definition) is 6. The average Bonchev–Trinajstić information content (AvgIpc) is 2.80. The number of fused-ring (bicyclic) bond motifs is 1. The maximum atomic E-state index is 14.6. The summed E-state index contributed by atoms with van der Waals surface area (Å²) in [6, 6.07) is 10.4. The second-order valence-electron chi connectivity index (χ2n) is 8.81. The Morgan fingerprint density at radius 1 is 1.21 bits per heavy atom. The number of nitrogens with zero attached hydrogens (tertiary/aromatic N) is 4. The third kappa shape index (κ3) is 4.98. The van der Waals surface area contributed by atoms with Crippen molar-refractivity contribution in [3.63, 3.8) is 0 Å². The molecule has 0 radical (unpaired) electrons. The lowest BCUT2D eigenvalue weighted by Crippen LogP contribution is -2.46. The van der Waals surface area contributed by atoms with E-state index >= 15 is 0 Å². The summed E-state index contributed by atoms with van der Waals surface area (Å²) in [5.41, 5.74) is 9.47. The molecule has 33 heavy (non-hydrogen) atoms. The molecular formula is C24H28FN7O. The van der Waals surface area contributed by atoms with Crippen molar-refractivity contribution in [3.05, 3.63) is 69.5 Å². The second-order valence-corrected chi connectivity index (χ2v) is 8.81. The molecule has 3 N–H and O–H groups in total. The molecule has 3 aromatic rings. The summed E-state index contributed by atoms with van der Waals surface area (Å²) < 4.78 is 14.6. The number of rotatable bonds is 6. The van der Waals surface area contributed by atoms with E-state index in [9.17, 15) is 9.18 Å². The van der Waals surface area contributed by atoms with Crippen LogP contribution in [-0.2, 0) is 13.0 Å². The Hall–Kier alpha value is -3.46. The topological polar surface area (TPSA) is 112 Å². The molecule has 1 aromatic heterocycles. The van der Waals surface area contributed by atoms with Crippen molar-refractivity contribution >= 4 is 22.4 Å². The molecule has 1 saturated heterocycles. The Labute approximate surface area is 191 Å². The first kappa shape index (κ1) is 22.7. The number of para-hydroxylation sites is 1. The van der Waals surface area contributed by atoms with Crippen molar-refractivity contribution < 1.29 is 4.39 Å². The zero-order chi connectivity index (χ0) is 23.5. The van der Waals surface area contributed by atoms with E-state index in [-0.39, 0.29) is 17.2 Å². The summed E-state index contributed by atoms with van der Waals surface area (Å²) in [5, 5.41) is 11.8. The van der Waals surface area contributed by atoms with Gasteiger partial charge in [0.1, 0.15) is 11.6 Å². The first-order valence-corrected chi connectivity index (χ1v) is 11.1. The predicted octanol–water partition coefficient (Wildman–Crippen LogP) is 3.94. The van der Waals surface area contributed by atoms with E-state index in [0.29, 0.717) is 59.8 Å². The average molecular weight is 450 g/mol. The van der Waals surface area contributed by atoms with Gasteiger partial charge in [-0.05, 0) is 42.2 Å². The van der Waals surface area contributed by atoms with Gasteiger partial charge in [-0.2, -0.15) is 0 Å². The predicted molar refractivity (Wildman–Crippen MR) is 127 cm³/mol. The third-order valence-electron chi connectivity index (χ3n) is 5.91. The summed E-state index contributed by atoms with van der Waals surface area (Å²) in [6.07, 6.45) is 0.603. The molecule has 9 heteroatoms. The van der Waals surface area contributed by atoms with Gasteiger partial charge in [0, 0.05) is 37.4 Å². The Bertz CT molecular complexity index is 1250. The van der Waals surface area contributed by atoms with Crippen LogP contribution in [0.3, 0.4) is 0 Å². The van der Waals surface area contributed by atoms with Crippen molar-refractivity contribution in [1.29, 1.82) is 10.9 Å². The maximum Gasteiger partial charge on any atom is 0.258 e. The first-order chi connectivity index (χ1) is 15.9. The number of aromatic nitrogens is 2. The fourth-order valence-electron chi connectivity index (χ4n) is 4.28. The van der Waals surface area contributed by atoms with E-state index in [2.05, 4.69) is 24.9 Å². The lowest BCUT2D eigenvalue weighted by atomic mass is 9.98. The van der Waals surface area contributed by atoms with E-state index in [1.807, 2.05) is 38.1 Å². The van der Waals surface area contributed by atoms with Gasteiger partial charge in [-0.3, -0.25) is 15.1 Å². The van der Waals surface area contributed by atoms with Crippen LogP contribution in [0, 0.1) is 22.7 Å². The minimum absolute atomic E-state index is 0.138. The van der Waals surface area contributed by atoms with Gasteiger partial charge in [0.25, 0.3) is 5.56 Å². The number of halogens is 1. The highest BCUT2D eigenvalue weighted by Gasteiger charge is 2.23. The number of aromatic amines is 1. The summed E-state index contributed by atoms with van der Waals surface area (Å²) in [4.78, 5) is 24.1. The molecule has 1 aliphatic rings. The molecule has 1 aliphatic heterocycles. The zero-order valence-electron chi connectivity index (χ0n) is 18.9. The van der Waals surface area contributed by atoms with Crippen LogP contribution in [0.1, 0.15) is 30.8 Å². The van der Waals surface area contributed by atoms with Crippen molar-refractivity contribution in [2.24, 2.45) is 11.0 Å². The van der Waals surface area contributed by atoms with Crippen LogP contribution in [0.4, 0.5) is 10.1 Å². The molecule has 172 valence electrons. The lowest BCUT2D eigenvalue weighted by Gasteiger charge is -2.37. The second kappa shape index (κ2) is 9.58. The number of benzene rings is 2. The zero-order valence-corrected chi connectivity index (χ0v) is 18.9. The van der Waals surface area contributed by atoms with Crippen molar-refractivity contribution in [2.75, 3.05) is 31.1 Å². The highest BCUT2D eigenvalue weighted by atomic mass is 19.1. The fraction of sp³-hybridized carbons (Fsp3) is 0.375. The van der Waals surface area contributed by atoms with Gasteiger partial charge in [-0.15, -0.1) is 5.11 Å². The van der Waals surface area contributed by atoms with Gasteiger partial charge >= 0.3 is 0 Å². The molecule has 0 aliphatic carbocycles. The summed E-state index contributed by atoms with van der Waals surface area (Å²) >= 11 is 0. The number of amidine groups is 1. The van der Waals surface area contributed by atoms with E-state index < -0.39 is 0 Å². The number of anilines is 1. The molecule has 0 atom stereocenters. The van der Waals surface area contributed by atoms with Crippen LogP contribution in [0.25, 0.3) is 10.9 Å². The van der Waals surface area contributed by atoms with Gasteiger partial charge in [0.05, 0.1) is 17.4 Å². The van der Waals surface area contributed by atoms with Crippen molar-refractivity contribution in [3.8, 4) is 0 Å². The fourth-order valence-corrected chi connectivity index (χ4v) is 4.28. The van der Waals surface area contributed by atoms with Gasteiger partial charge < -0.3 is 9.88 Å². The van der Waals surface area contributed by atoms with Gasteiger partial charge in [0.15, 0.2) is 5.84 Å². The summed E-state index contributed by atoms with van der Waals surface area (Å²) in [5.74, 6) is 0.316. The number of nitrogens with one attached hydrogen (secondary N) is 3. The molecule has 2 aromatic carbocycles. The van der Waals surface area contributed by atoms with Crippen molar-refractivity contribution in [1.82, 2.24) is 14.9 Å². The number of piperazine rings is 1. The van der Waals surface area contributed by atoms with Gasteiger partial charge in [-0.1, -0.05) is 26.0 Å². The molecule has 4 rings (SSSR count). The smallest absolute Gasteiger partial charge is 0.258 e. The molecule has 1 fully saturated rings. The minimum Gasteiger partial charge on any atom is -0.368 e. The molecule has 8 nitrogen and oxygen atoms in total. The van der Waals surface area contributed by atoms with E-state index in [4.69, 9.17) is 10.9 Å². The highest BCUT2D eigenvalue weighted by Crippen LogP contribution is 2.28. The monoisotopic (exact) mass is 449 g/mol. The van der Waals surface area contributed by atoms with Gasteiger partial charge in [0.2, 0.25) is 0 Å². The normalized spacial score (nSPS) is 14.7. The third-order valence-corrected chi connectivity index (χ3v) is 5.91. The van der Waals surface area contributed by atoms with Crippen LogP contribution >= 0.6 is 0 Å². The summed E-state index contributed by atoms with van der Waals surface area (Å²) in [6.45, 7) is 7.39. The quantitative estimate of drug-likeness (QED) is 0.301. The van der Waals surface area contributed by atoms with Gasteiger partial charge in [-0.25, -0.2) is 14.9 Å². The molecule has 0 spiro atoms. The molecule has 0 bridgehead atoms. The van der Waals surface area contributed by atoms with E-state index in [1.165, 1.54) is 6.07 Å². The molecule has 0 amide bonds. The Morgan fingerprint density at radius 3 is 2.64 bits per heavy atom. The van der Waals surface area contributed by atoms with Crippen LogP contribution < -0.4 is 10.5 Å². The maximum absolute atomic E-state index is 14.6. The first-order valence-electron chi connectivity index (χ1n) is 11.1. The molecular weight excluding hydrogens is 421 g/mol. The van der Waals surface area contributed by atoms with Crippen molar-refractivity contribution in [2.45, 2.75) is 26.8 Å². The standard InChI is InChI=1S/C24H28FN7O/c1-15(2)11-16-12-21(18(13-19(16)25)23(26)30-27)32-9-7-31(8-10-32)14-22-28-20-6-4-3-5-17(20)24(33)29-22/h3-6,12-13,15,26-27H,7-11,14H2,1-2H3,(H,28,29,33). The van der Waals surface area contributed by atoms with E-state index in [0.717, 1.165) is 18.8 Å². The molecule has 0 saturated carbocycles. The van der Waals surface area contributed by atoms with Crippen LogP contribution in [0.2, 0.25) is 0 Å². The number of hydrogen-bond donors (Lipinski definition) is 3. The summed E-state index contributed by atoms with van der Waals surface area (Å²) in [7, 11) is 0. The van der Waals surface area contributed by atoms with E-state index in [1.54, 1.807) is 6.07 Å². The molecule has 0 unspecified atom stereocenters. The van der Waals surface area contributed by atoms with Crippen LogP contribution in [0.5, 0.6) is 0 Å². The van der Waals surface area contributed by atoms with Crippen LogP contribution in [0.15, 0.2) is 46.3 Å². The SMILES string of the molecule is CC(C)Cc1cc(N2CCN(Cc3nc4ccccc4c(=O)[nH]3)CC2)c(C(=N)N=N)cc1F. The largest absolute Gasteiger partial charge is 0.368 e. The Balaban J connectivity index is 1.52. The Morgan fingerprint density at radius 2 is 1.94 bits per heavy atom.